The van der Waals surface area contributed by atoms with Crippen molar-refractivity contribution >= 4 is 23.2 Å². The van der Waals surface area contributed by atoms with Gasteiger partial charge in [0, 0.05) is 18.3 Å². The fourth-order valence-electron chi connectivity index (χ4n) is 1.14. The second-order valence-corrected chi connectivity index (χ2v) is 4.58. The van der Waals surface area contributed by atoms with Crippen LogP contribution in [0.2, 0.25) is 0 Å². The summed E-state index contributed by atoms with van der Waals surface area (Å²) in [5.74, 6) is -1.82. The average molecular weight is 312 g/mol. The van der Waals surface area contributed by atoms with E-state index in [1.165, 1.54) is 5.38 Å². The van der Waals surface area contributed by atoms with Gasteiger partial charge < -0.3 is 15.2 Å². The summed E-state index contributed by atoms with van der Waals surface area (Å²) < 4.78 is 39.4. The number of halogens is 3. The monoisotopic (exact) mass is 312 g/mol. The van der Waals surface area contributed by atoms with Gasteiger partial charge in [-0.25, -0.2) is 9.78 Å². The number of aromatic nitrogens is 1. The van der Waals surface area contributed by atoms with Crippen LogP contribution >= 0.6 is 11.3 Å². The number of ether oxygens (including phenoxy) is 1. The highest BCUT2D eigenvalue weighted by Crippen LogP contribution is 2.14. The Hall–Kier alpha value is -1.68. The molecule has 0 atom stereocenters. The first-order valence-corrected chi connectivity index (χ1v) is 6.25. The summed E-state index contributed by atoms with van der Waals surface area (Å²) in [6.07, 6.45) is -4.17. The highest BCUT2D eigenvalue weighted by atomic mass is 32.1. The van der Waals surface area contributed by atoms with Crippen LogP contribution in [0.15, 0.2) is 5.38 Å². The molecule has 0 aliphatic rings. The van der Waals surface area contributed by atoms with Crippen LogP contribution in [-0.4, -0.2) is 47.9 Å². The van der Waals surface area contributed by atoms with Crippen molar-refractivity contribution in [2.24, 2.45) is 0 Å². The van der Waals surface area contributed by atoms with Crippen molar-refractivity contribution in [3.63, 3.8) is 0 Å². The van der Waals surface area contributed by atoms with Crippen molar-refractivity contribution in [2.75, 3.05) is 19.8 Å². The highest BCUT2D eigenvalue weighted by Gasteiger charge is 2.27. The largest absolute Gasteiger partial charge is 0.476 e. The Morgan fingerprint density at radius 2 is 2.15 bits per heavy atom. The lowest BCUT2D eigenvalue weighted by Crippen LogP contribution is -2.31. The highest BCUT2D eigenvalue weighted by molar-refractivity contribution is 7.09. The molecule has 1 rings (SSSR count). The van der Waals surface area contributed by atoms with E-state index in [1.54, 1.807) is 0 Å². The topological polar surface area (TPSA) is 88.5 Å². The number of hydrogen-bond donors (Lipinski definition) is 2. The van der Waals surface area contributed by atoms with Crippen molar-refractivity contribution in [3.05, 3.63) is 16.1 Å². The zero-order chi connectivity index (χ0) is 15.2. The number of amides is 1. The number of hydrogen-bond acceptors (Lipinski definition) is 5. The Morgan fingerprint density at radius 1 is 1.45 bits per heavy atom. The Balaban J connectivity index is 2.19. The fourth-order valence-corrected chi connectivity index (χ4v) is 1.92. The quantitative estimate of drug-likeness (QED) is 0.786. The van der Waals surface area contributed by atoms with Crippen LogP contribution in [0.5, 0.6) is 0 Å². The van der Waals surface area contributed by atoms with E-state index >= 15 is 0 Å². The lowest BCUT2D eigenvalue weighted by Gasteiger charge is -2.07. The molecule has 1 amide bonds. The number of nitrogens with zero attached hydrogens (tertiary/aromatic N) is 1. The van der Waals surface area contributed by atoms with Crippen molar-refractivity contribution in [2.45, 2.75) is 12.6 Å². The molecule has 112 valence electrons. The Kier molecular flexibility index (Phi) is 5.89. The van der Waals surface area contributed by atoms with Crippen LogP contribution in [0.3, 0.4) is 0 Å². The maximum atomic E-state index is 11.7. The Bertz CT molecular complexity index is 475. The summed E-state index contributed by atoms with van der Waals surface area (Å²) in [5, 5.41) is 12.9. The number of carboxylic acids is 1. The molecule has 0 spiro atoms. The fraction of sp³-hybridized carbons (Fsp3) is 0.500. The molecule has 10 heteroatoms. The minimum absolute atomic E-state index is 0.0789. The third-order valence-corrected chi connectivity index (χ3v) is 2.84. The van der Waals surface area contributed by atoms with Gasteiger partial charge in [0.2, 0.25) is 5.91 Å². The summed E-state index contributed by atoms with van der Waals surface area (Å²) >= 11 is 1.13. The van der Waals surface area contributed by atoms with E-state index in [-0.39, 0.29) is 12.2 Å². The van der Waals surface area contributed by atoms with E-state index in [4.69, 9.17) is 5.11 Å². The van der Waals surface area contributed by atoms with Crippen LogP contribution in [-0.2, 0) is 16.0 Å². The number of alkyl halides is 3. The van der Waals surface area contributed by atoms with Crippen LogP contribution in [0, 0.1) is 0 Å². The second-order valence-electron chi connectivity index (χ2n) is 3.64. The van der Waals surface area contributed by atoms with Crippen LogP contribution in [0.25, 0.3) is 0 Å². The first kappa shape index (κ1) is 16.4. The van der Waals surface area contributed by atoms with Gasteiger partial charge >= 0.3 is 12.1 Å². The Morgan fingerprint density at radius 3 is 2.70 bits per heavy atom. The number of carboxylic acid groups (broad SMARTS) is 1. The third kappa shape index (κ3) is 6.48. The van der Waals surface area contributed by atoms with Crippen molar-refractivity contribution in [1.82, 2.24) is 10.3 Å². The molecule has 0 unspecified atom stereocenters. The molecule has 0 radical (unpaired) electrons. The molecular formula is C10H11F3N2O4S. The van der Waals surface area contributed by atoms with Gasteiger partial charge in [0.15, 0.2) is 5.69 Å². The van der Waals surface area contributed by atoms with Crippen LogP contribution in [0.4, 0.5) is 13.2 Å². The molecule has 1 heterocycles. The normalized spacial score (nSPS) is 11.3. The number of carbonyl (C=O) groups excluding carboxylic acids is 1. The lowest BCUT2D eigenvalue weighted by atomic mass is 10.4. The van der Waals surface area contributed by atoms with Gasteiger partial charge in [-0.15, -0.1) is 11.3 Å². The third-order valence-electron chi connectivity index (χ3n) is 1.93. The lowest BCUT2D eigenvalue weighted by molar-refractivity contribution is -0.175. The summed E-state index contributed by atoms with van der Waals surface area (Å²) in [6, 6.07) is 0. The summed E-state index contributed by atoms with van der Waals surface area (Å²) in [7, 11) is 0. The molecular weight excluding hydrogens is 301 g/mol. The molecule has 0 aliphatic carbocycles. The van der Waals surface area contributed by atoms with Gasteiger partial charge in [0.1, 0.15) is 13.2 Å². The molecule has 2 N–H and O–H groups in total. The number of thiazole rings is 1. The van der Waals surface area contributed by atoms with Gasteiger partial charge in [-0.2, -0.15) is 13.2 Å². The zero-order valence-electron chi connectivity index (χ0n) is 10.1. The number of aromatic carboxylic acids is 1. The van der Waals surface area contributed by atoms with Gasteiger partial charge in [-0.05, 0) is 0 Å². The van der Waals surface area contributed by atoms with Crippen molar-refractivity contribution in [3.8, 4) is 0 Å². The number of rotatable bonds is 7. The molecule has 1 aromatic rings. The molecule has 20 heavy (non-hydrogen) atoms. The standard InChI is InChI=1S/C10H11F3N2O4S/c11-10(12,13)5-19-3-7(16)14-2-1-8-15-6(4-20-8)9(17)18/h4H,1-3,5H2,(H,14,16)(H,17,18). The summed E-state index contributed by atoms with van der Waals surface area (Å²) in [5.41, 5.74) is -0.0789. The molecule has 1 aromatic heterocycles. The molecule has 0 aliphatic heterocycles. The predicted octanol–water partition coefficient (Wildman–Crippen LogP) is 1.08. The van der Waals surface area contributed by atoms with E-state index in [2.05, 4.69) is 15.0 Å². The minimum atomic E-state index is -4.46. The maximum Gasteiger partial charge on any atom is 0.411 e. The molecule has 0 saturated carbocycles. The molecule has 0 fully saturated rings. The first-order valence-electron chi connectivity index (χ1n) is 5.37. The SMILES string of the molecule is O=C(COCC(F)(F)F)NCCc1nc(C(=O)O)cs1. The van der Waals surface area contributed by atoms with Gasteiger partial charge in [0.05, 0.1) is 5.01 Å². The van der Waals surface area contributed by atoms with E-state index in [0.29, 0.717) is 11.4 Å². The summed E-state index contributed by atoms with van der Waals surface area (Å²) in [4.78, 5) is 25.5. The number of carbonyl (C=O) groups is 2. The van der Waals surface area contributed by atoms with Crippen LogP contribution < -0.4 is 5.32 Å². The van der Waals surface area contributed by atoms with E-state index in [0.717, 1.165) is 11.3 Å². The van der Waals surface area contributed by atoms with Crippen molar-refractivity contribution in [1.29, 1.82) is 0 Å². The second kappa shape index (κ2) is 7.20. The molecule has 0 aromatic carbocycles. The van der Waals surface area contributed by atoms with Gasteiger partial charge in [-0.3, -0.25) is 4.79 Å². The average Bonchev–Trinajstić information content (AvgIpc) is 2.76. The predicted molar refractivity (Wildman–Crippen MR) is 62.7 cm³/mol. The summed E-state index contributed by atoms with van der Waals surface area (Å²) in [6.45, 7) is -2.02. The van der Waals surface area contributed by atoms with E-state index in [9.17, 15) is 22.8 Å². The smallest absolute Gasteiger partial charge is 0.411 e. The van der Waals surface area contributed by atoms with Crippen molar-refractivity contribution < 1.29 is 32.6 Å². The van der Waals surface area contributed by atoms with E-state index in [1.807, 2.05) is 0 Å². The maximum absolute atomic E-state index is 11.7. The molecule has 0 bridgehead atoms. The van der Waals surface area contributed by atoms with E-state index < -0.39 is 31.3 Å². The number of nitrogens with one attached hydrogen (secondary N) is 1. The van der Waals surface area contributed by atoms with Crippen LogP contribution in [0.1, 0.15) is 15.5 Å². The minimum Gasteiger partial charge on any atom is -0.476 e. The van der Waals surface area contributed by atoms with Gasteiger partial charge in [-0.1, -0.05) is 0 Å². The first-order chi connectivity index (χ1) is 9.28. The molecule has 0 saturated heterocycles. The van der Waals surface area contributed by atoms with Gasteiger partial charge in [0.25, 0.3) is 0 Å². The zero-order valence-corrected chi connectivity index (χ0v) is 10.9. The molecule has 6 nitrogen and oxygen atoms in total. The Labute approximate surface area is 115 Å².